The van der Waals surface area contributed by atoms with Crippen LogP contribution in [0.25, 0.3) is 0 Å². The molecule has 7 fully saturated rings. The third-order valence-corrected chi connectivity index (χ3v) is 27.4. The molecule has 0 saturated carbocycles. The van der Waals surface area contributed by atoms with Crippen molar-refractivity contribution in [3.05, 3.63) is 12.2 Å². The number of aliphatic hydroxyl groups is 22. The van der Waals surface area contributed by atoms with Gasteiger partial charge >= 0.3 is 107 Å². The summed E-state index contributed by atoms with van der Waals surface area (Å²) in [5.74, 6) is -22.7. The van der Waals surface area contributed by atoms with Crippen molar-refractivity contribution in [2.45, 2.75) is 484 Å². The van der Waals surface area contributed by atoms with Crippen LogP contribution in [-0.2, 0) is 90.3 Å². The van der Waals surface area contributed by atoms with Crippen molar-refractivity contribution in [3.63, 3.8) is 0 Å². The molecule has 52 nitrogen and oxygen atoms in total. The summed E-state index contributed by atoms with van der Waals surface area (Å²) in [7, 11) is 0. The number of aliphatic carboxylic acids is 3. The molecule has 7 saturated heterocycles. The monoisotopic (exact) mass is 2190 g/mol. The van der Waals surface area contributed by atoms with Crippen molar-refractivity contribution in [3.8, 4) is 0 Å². The molecule has 27 N–H and O–H groups in total. The SMILES string of the molecule is CCCCCCCCCCCCC/C=C/C(O)C(COC1OC(CO)C(OC2OC(CO)C(OC3OC(CO)C(O)C(OC4OC(CO)C(O)C(OC5(C(=O)O)CC(O)C(N=C(C)[O-])C(C(O)C(O)CO)O5)C4O)C3NC(C)=O)C(OC3(C(=O)O)CC(O)C(N=C(C)[O-])C(C(O)C(CO)OC4(C(=O)O)CC(O)C(N=C(C)[O-])C(C(O)C(O)CO)O4)O3)C2O)C(O)C1O)NC(=O)CCCCCCCCCCCCCCCCC.[Na+].[Na+].[Na+]. The molecule has 0 spiro atoms. The molecule has 852 valence electrons. The summed E-state index contributed by atoms with van der Waals surface area (Å²) in [5, 5.41) is 329. The first-order valence-corrected chi connectivity index (χ1v) is 51.2. The summed E-state index contributed by atoms with van der Waals surface area (Å²) in [4.78, 5) is 80.3. The number of aliphatic hydroxyl groups excluding tert-OH is 22. The molecule has 7 rings (SSSR count). The fourth-order valence-corrected chi connectivity index (χ4v) is 19.3. The number of carboxylic acid groups (broad SMARTS) is 3. The Morgan fingerprint density at radius 2 is 0.760 bits per heavy atom. The number of rotatable bonds is 66. The molecule has 0 aromatic heterocycles. The van der Waals surface area contributed by atoms with E-state index in [0.717, 1.165) is 111 Å². The van der Waals surface area contributed by atoms with Crippen molar-refractivity contribution in [1.82, 2.24) is 10.6 Å². The Bertz CT molecular complexity index is 3980. The molecule has 0 aliphatic carbocycles. The summed E-state index contributed by atoms with van der Waals surface area (Å²) in [6, 6.07) is -9.78. The summed E-state index contributed by atoms with van der Waals surface area (Å²) in [6.07, 6.45) is -49.0. The van der Waals surface area contributed by atoms with Crippen LogP contribution in [0.15, 0.2) is 27.1 Å². The second-order valence-corrected chi connectivity index (χ2v) is 39.0. The van der Waals surface area contributed by atoms with Crippen LogP contribution in [0.2, 0.25) is 0 Å². The van der Waals surface area contributed by atoms with Gasteiger partial charge in [0.25, 0.3) is 17.4 Å². The van der Waals surface area contributed by atoms with Crippen LogP contribution in [-0.4, -0.2) is 472 Å². The Morgan fingerprint density at radius 1 is 0.407 bits per heavy atom. The van der Waals surface area contributed by atoms with E-state index in [0.29, 0.717) is 12.8 Å². The van der Waals surface area contributed by atoms with E-state index in [-0.39, 0.29) is 95.1 Å². The zero-order valence-corrected chi connectivity index (χ0v) is 93.1. The first kappa shape index (κ1) is 139. The first-order valence-electron chi connectivity index (χ1n) is 51.2. The van der Waals surface area contributed by atoms with Gasteiger partial charge in [-0.25, -0.2) is 14.4 Å². The van der Waals surface area contributed by atoms with E-state index >= 15 is 0 Å². The topological polar surface area (TPSA) is 851 Å². The standard InChI is InChI=1S/C95H165N5O47.3Na/c1-7-9-11-13-15-17-19-21-22-24-26-28-30-32-34-36-64(118)100-52(53(112)35-33-31-29-27-25-23-20-18-16-14-12-10-8-2)47-134-87-75(125)74(124)78(62(45-106)137-87)139-89-77(127)85(147-95(92(132)133)39-56(115)67(98-50(5)110)83(145-95)73(123)61(44-105)142-93(90(128)129)37-54(113)65(96-48(3)108)81(143-93)69(119)57(116)40-101)79(63(46-107)138-89)140-86-68(99-51(6)111)80(71(121)59(42-103)135-86)141-88-76(126)84(72(122)60(43-104)136-88)146-94(91(130)131)38-55(114)66(97-49(4)109)82(144-94)70(120)58(117)41-102;;;/h33,35,52-63,65-89,101-107,112-117,119-127H,7-32,34,36-47H2,1-6H3,(H,96,108)(H,97,109)(H,98,110)(H,99,111)(H,100,118)(H,128,129)(H,130,131)(H,132,133);;;/q;3*+1/p-3/b35-33+;;;. The molecule has 7 aliphatic heterocycles. The van der Waals surface area contributed by atoms with Gasteiger partial charge in [-0.3, -0.25) is 24.6 Å². The fourth-order valence-electron chi connectivity index (χ4n) is 19.3. The Hall–Kier alpha value is -2.94. The number of carbonyl (C=O) groups excluding carboxylic acids is 2. The van der Waals surface area contributed by atoms with E-state index in [1.165, 1.54) is 83.1 Å². The third-order valence-electron chi connectivity index (χ3n) is 27.4. The maximum atomic E-state index is 14.6. The number of ether oxygens (including phenoxy) is 14. The molecule has 150 heavy (non-hydrogen) atoms. The van der Waals surface area contributed by atoms with Crippen LogP contribution < -0.4 is 115 Å². The number of carboxylic acids is 3. The molecule has 2 amide bonds. The van der Waals surface area contributed by atoms with Gasteiger partial charge in [0, 0.05) is 32.6 Å². The van der Waals surface area contributed by atoms with Gasteiger partial charge in [0.1, 0.15) is 171 Å². The second-order valence-electron chi connectivity index (χ2n) is 39.0. The van der Waals surface area contributed by atoms with Gasteiger partial charge in [0.05, 0.1) is 83.3 Å². The predicted molar refractivity (Wildman–Crippen MR) is 499 cm³/mol. The van der Waals surface area contributed by atoms with Gasteiger partial charge in [-0.2, -0.15) is 0 Å². The molecule has 55 heteroatoms. The fraction of sp³-hybridized carbons (Fsp3) is 0.895. The van der Waals surface area contributed by atoms with E-state index in [4.69, 9.17) is 66.3 Å². The smallest absolute Gasteiger partial charge is 0.862 e. The Kier molecular flexibility index (Phi) is 64.7. The normalized spacial score (nSPS) is 35.3. The molecule has 7 aliphatic rings. The zero-order valence-electron chi connectivity index (χ0n) is 87.1. The number of nitrogens with one attached hydrogen (secondary N) is 2. The quantitative estimate of drug-likeness (QED) is 0.00884. The number of unbranched alkanes of at least 4 members (excludes halogenated alkanes) is 25. The van der Waals surface area contributed by atoms with E-state index in [9.17, 15) is 167 Å². The maximum Gasteiger partial charge on any atom is 1.00 e. The maximum absolute atomic E-state index is 14.6. The Balaban J connectivity index is 0.0000156. The van der Waals surface area contributed by atoms with E-state index in [2.05, 4.69) is 39.5 Å². The molecule has 0 bridgehead atoms. The molecule has 40 atom stereocenters. The number of hydrogen-bond acceptors (Lipinski definition) is 47. The van der Waals surface area contributed by atoms with Gasteiger partial charge in [-0.15, -0.1) is 0 Å². The van der Waals surface area contributed by atoms with Crippen LogP contribution in [0.4, 0.5) is 0 Å². The van der Waals surface area contributed by atoms with Gasteiger partial charge in [-0.1, -0.05) is 180 Å². The molecular formula is C95H162N5Na3O47. The molecule has 0 radical (unpaired) electrons. The van der Waals surface area contributed by atoms with Crippen LogP contribution in [0, 0.1) is 0 Å². The molecule has 40 unspecified atom stereocenters. The molecular weight excluding hydrogens is 2030 g/mol. The van der Waals surface area contributed by atoms with Gasteiger partial charge < -0.3 is 220 Å². The third kappa shape index (κ3) is 39.8. The predicted octanol–water partition coefficient (Wildman–Crippen LogP) is -16.8. The largest absolute Gasteiger partial charge is 1.00 e. The van der Waals surface area contributed by atoms with Crippen molar-refractivity contribution in [1.29, 1.82) is 0 Å². The number of aliphatic imine (C=N–C) groups is 3. The van der Waals surface area contributed by atoms with Crippen LogP contribution >= 0.6 is 0 Å². The summed E-state index contributed by atoms with van der Waals surface area (Å²) in [6.45, 7) is -2.55. The Morgan fingerprint density at radius 3 is 1.17 bits per heavy atom. The van der Waals surface area contributed by atoms with Crippen LogP contribution in [0.3, 0.4) is 0 Å². The number of hydrogen-bond donors (Lipinski definition) is 27. The van der Waals surface area contributed by atoms with Crippen LogP contribution in [0.5, 0.6) is 0 Å². The van der Waals surface area contributed by atoms with Crippen LogP contribution in [0.1, 0.15) is 241 Å². The van der Waals surface area contributed by atoms with E-state index in [1.54, 1.807) is 6.08 Å². The molecule has 0 aromatic carbocycles. The summed E-state index contributed by atoms with van der Waals surface area (Å²) in [5.41, 5.74) is 0. The second kappa shape index (κ2) is 69.7. The van der Waals surface area contributed by atoms with Gasteiger partial charge in [-0.05, 0) is 57.7 Å². The zero-order chi connectivity index (χ0) is 109. The minimum absolute atomic E-state index is 0. The number of allylic oxidation sites excluding steroid dienone is 1. The van der Waals surface area contributed by atoms with E-state index < -0.39 is 363 Å². The molecule has 0 aromatic rings. The summed E-state index contributed by atoms with van der Waals surface area (Å²) >= 11 is 0. The van der Waals surface area contributed by atoms with Gasteiger partial charge in [0.2, 0.25) is 11.8 Å². The van der Waals surface area contributed by atoms with Crippen molar-refractivity contribution in [2.24, 2.45) is 15.0 Å². The van der Waals surface area contributed by atoms with Crippen molar-refractivity contribution >= 4 is 47.4 Å². The van der Waals surface area contributed by atoms with E-state index in [1.807, 2.05) is 0 Å². The Labute approximate surface area is 937 Å². The minimum Gasteiger partial charge on any atom is -0.862 e. The minimum atomic E-state index is -3.84. The van der Waals surface area contributed by atoms with Crippen molar-refractivity contribution < 1.29 is 322 Å². The number of nitrogens with zero attached hydrogens (tertiary/aromatic N) is 3. The number of amides is 2. The average molecular weight is 2200 g/mol. The number of carbonyl (C=O) groups is 5. The van der Waals surface area contributed by atoms with Gasteiger partial charge in [0.15, 0.2) is 25.2 Å². The molecule has 7 heterocycles. The van der Waals surface area contributed by atoms with Crippen molar-refractivity contribution in [2.75, 3.05) is 52.9 Å². The summed E-state index contributed by atoms with van der Waals surface area (Å²) < 4.78 is 84.3. The first-order chi connectivity index (χ1) is 69.9. The average Bonchev–Trinajstić information content (AvgIpc) is 0.742.